The van der Waals surface area contributed by atoms with Gasteiger partial charge < -0.3 is 4.57 Å². The number of sulfonamides is 1. The predicted octanol–water partition coefficient (Wildman–Crippen LogP) is 2.88. The molecule has 1 aliphatic heterocycles. The van der Waals surface area contributed by atoms with Crippen molar-refractivity contribution in [3.8, 4) is 0 Å². The highest BCUT2D eigenvalue weighted by Crippen LogP contribution is 2.20. The van der Waals surface area contributed by atoms with Gasteiger partial charge in [-0.1, -0.05) is 12.1 Å². The summed E-state index contributed by atoms with van der Waals surface area (Å²) in [5, 5.41) is 0. The number of hydrogen-bond acceptors (Lipinski definition) is 5. The van der Waals surface area contributed by atoms with Crippen LogP contribution in [0.15, 0.2) is 59.8 Å². The molecule has 4 rings (SSSR count). The van der Waals surface area contributed by atoms with Gasteiger partial charge in [-0.05, 0) is 49.7 Å². The Hall–Kier alpha value is -2.88. The van der Waals surface area contributed by atoms with Crippen molar-refractivity contribution in [2.24, 2.45) is 0 Å². The van der Waals surface area contributed by atoms with Crippen molar-refractivity contribution >= 4 is 15.8 Å². The molecular formula is C24H27FN4O3S. The number of carbonyl (C=O) groups excluding carboxylic acids is 1. The zero-order valence-electron chi connectivity index (χ0n) is 18.7. The molecule has 3 heterocycles. The molecule has 0 aliphatic carbocycles. The summed E-state index contributed by atoms with van der Waals surface area (Å²) >= 11 is 0. The largest absolute Gasteiger partial charge is 0.344 e. The fraction of sp³-hybridized carbons (Fsp3) is 0.333. The van der Waals surface area contributed by atoms with Gasteiger partial charge in [0.25, 0.3) is 0 Å². The monoisotopic (exact) mass is 470 g/mol. The summed E-state index contributed by atoms with van der Waals surface area (Å²) in [6.07, 6.45) is 2.89. The van der Waals surface area contributed by atoms with E-state index >= 15 is 0 Å². The maximum Gasteiger partial charge on any atom is 0.244 e. The van der Waals surface area contributed by atoms with E-state index in [0.29, 0.717) is 38.3 Å². The number of ketones is 1. The van der Waals surface area contributed by atoms with Crippen LogP contribution in [-0.4, -0.2) is 65.7 Å². The molecule has 9 heteroatoms. The molecule has 0 unspecified atom stereocenters. The number of nitrogens with zero attached hydrogens (tertiary/aromatic N) is 4. The number of piperazine rings is 1. The molecule has 3 aromatic rings. The van der Waals surface area contributed by atoms with Gasteiger partial charge in [-0.2, -0.15) is 4.31 Å². The van der Waals surface area contributed by atoms with Crippen LogP contribution in [0.3, 0.4) is 0 Å². The van der Waals surface area contributed by atoms with Gasteiger partial charge in [0.1, 0.15) is 10.7 Å². The Labute approximate surface area is 193 Å². The fourth-order valence-electron chi connectivity index (χ4n) is 4.16. The predicted molar refractivity (Wildman–Crippen MR) is 123 cm³/mol. The molecule has 0 radical (unpaired) electrons. The first kappa shape index (κ1) is 23.3. The van der Waals surface area contributed by atoms with Crippen LogP contribution >= 0.6 is 0 Å². The molecule has 0 bridgehead atoms. The minimum absolute atomic E-state index is 0.0111. The summed E-state index contributed by atoms with van der Waals surface area (Å²) in [6.45, 7) is 6.30. The van der Waals surface area contributed by atoms with Crippen LogP contribution in [0, 0.1) is 19.7 Å². The number of aromatic nitrogens is 2. The van der Waals surface area contributed by atoms with E-state index in [1.165, 1.54) is 22.6 Å². The molecule has 2 aromatic heterocycles. The van der Waals surface area contributed by atoms with Crippen molar-refractivity contribution in [2.75, 3.05) is 32.7 Å². The van der Waals surface area contributed by atoms with Crippen molar-refractivity contribution < 1.29 is 17.6 Å². The highest BCUT2D eigenvalue weighted by Gasteiger charge is 2.29. The van der Waals surface area contributed by atoms with E-state index in [1.54, 1.807) is 30.5 Å². The van der Waals surface area contributed by atoms with Crippen molar-refractivity contribution in [3.63, 3.8) is 0 Å². The number of carbonyl (C=O) groups is 1. The number of aryl methyl sites for hydroxylation is 1. The summed E-state index contributed by atoms with van der Waals surface area (Å²) in [7, 11) is -3.58. The molecule has 0 spiro atoms. The van der Waals surface area contributed by atoms with E-state index in [4.69, 9.17) is 0 Å². The molecule has 174 valence electrons. The van der Waals surface area contributed by atoms with Gasteiger partial charge in [-0.25, -0.2) is 12.8 Å². The summed E-state index contributed by atoms with van der Waals surface area (Å²) in [5.41, 5.74) is 3.47. The second-order valence-electron chi connectivity index (χ2n) is 8.29. The van der Waals surface area contributed by atoms with E-state index in [1.807, 2.05) is 24.8 Å². The first-order chi connectivity index (χ1) is 15.8. The Morgan fingerprint density at radius 2 is 1.76 bits per heavy atom. The Bertz CT molecular complexity index is 1230. The zero-order chi connectivity index (χ0) is 23.6. The lowest BCUT2D eigenvalue weighted by Gasteiger charge is -2.33. The molecule has 1 aliphatic rings. The van der Waals surface area contributed by atoms with E-state index in [-0.39, 0.29) is 23.0 Å². The molecule has 0 amide bonds. The molecule has 1 saturated heterocycles. The highest BCUT2D eigenvalue weighted by atomic mass is 32.2. The Morgan fingerprint density at radius 3 is 2.39 bits per heavy atom. The van der Waals surface area contributed by atoms with Gasteiger partial charge in [0.2, 0.25) is 10.0 Å². The first-order valence-electron chi connectivity index (χ1n) is 10.8. The van der Waals surface area contributed by atoms with Gasteiger partial charge in [0.15, 0.2) is 5.78 Å². The Balaban J connectivity index is 1.39. The third-order valence-electron chi connectivity index (χ3n) is 6.10. The smallest absolute Gasteiger partial charge is 0.244 e. The van der Waals surface area contributed by atoms with Crippen LogP contribution in [0.1, 0.15) is 27.3 Å². The zero-order valence-corrected chi connectivity index (χ0v) is 19.6. The molecule has 0 N–H and O–H groups in total. The topological polar surface area (TPSA) is 75.5 Å². The lowest BCUT2D eigenvalue weighted by atomic mass is 10.1. The average Bonchev–Trinajstić information content (AvgIpc) is 3.10. The second kappa shape index (κ2) is 9.54. The molecule has 33 heavy (non-hydrogen) atoms. The van der Waals surface area contributed by atoms with E-state index in [0.717, 1.165) is 17.0 Å². The van der Waals surface area contributed by atoms with E-state index < -0.39 is 10.0 Å². The SMILES string of the molecule is Cc1cc(C(=O)CN2CCN(S(=O)(=O)c3cccnc3)CC2)c(C)n1Cc1ccc(F)cc1. The van der Waals surface area contributed by atoms with Gasteiger partial charge in [0.05, 0.1) is 6.54 Å². The molecule has 0 atom stereocenters. The quantitative estimate of drug-likeness (QED) is 0.497. The minimum atomic E-state index is -3.58. The number of hydrogen-bond donors (Lipinski definition) is 0. The molecular weight excluding hydrogens is 443 g/mol. The van der Waals surface area contributed by atoms with Gasteiger partial charge in [-0.3, -0.25) is 14.7 Å². The van der Waals surface area contributed by atoms with Crippen LogP contribution in [0.2, 0.25) is 0 Å². The Morgan fingerprint density at radius 1 is 1.06 bits per heavy atom. The van der Waals surface area contributed by atoms with Crippen LogP contribution in [-0.2, 0) is 16.6 Å². The van der Waals surface area contributed by atoms with Gasteiger partial charge >= 0.3 is 0 Å². The van der Waals surface area contributed by atoms with E-state index in [9.17, 15) is 17.6 Å². The molecule has 7 nitrogen and oxygen atoms in total. The first-order valence-corrected chi connectivity index (χ1v) is 12.3. The van der Waals surface area contributed by atoms with Crippen LogP contribution in [0.25, 0.3) is 0 Å². The fourth-order valence-corrected chi connectivity index (χ4v) is 5.55. The van der Waals surface area contributed by atoms with Crippen molar-refractivity contribution in [1.29, 1.82) is 0 Å². The maximum absolute atomic E-state index is 13.2. The number of rotatable bonds is 7. The number of halogens is 1. The van der Waals surface area contributed by atoms with Gasteiger partial charge in [-0.15, -0.1) is 0 Å². The summed E-state index contributed by atoms with van der Waals surface area (Å²) in [6, 6.07) is 11.4. The third kappa shape index (κ3) is 5.05. The highest BCUT2D eigenvalue weighted by molar-refractivity contribution is 7.89. The summed E-state index contributed by atoms with van der Waals surface area (Å²) in [5.74, 6) is -0.263. The molecule has 1 fully saturated rings. The minimum Gasteiger partial charge on any atom is -0.344 e. The van der Waals surface area contributed by atoms with Crippen LogP contribution in [0.5, 0.6) is 0 Å². The maximum atomic E-state index is 13.2. The molecule has 0 saturated carbocycles. The average molecular weight is 471 g/mol. The lowest BCUT2D eigenvalue weighted by molar-refractivity contribution is 0.0901. The number of benzene rings is 1. The van der Waals surface area contributed by atoms with Crippen molar-refractivity contribution in [1.82, 2.24) is 18.8 Å². The van der Waals surface area contributed by atoms with Crippen LogP contribution < -0.4 is 0 Å². The molecule has 1 aromatic carbocycles. The normalized spacial score (nSPS) is 15.6. The number of pyridine rings is 1. The summed E-state index contributed by atoms with van der Waals surface area (Å²) in [4.78, 5) is 19.1. The Kier molecular flexibility index (Phi) is 6.73. The standard InChI is InChI=1S/C24H27FN4O3S/c1-18-14-23(19(2)29(18)16-20-5-7-21(25)8-6-20)24(30)17-27-10-12-28(13-11-27)33(31,32)22-4-3-9-26-15-22/h3-9,14-15H,10-13,16-17H2,1-2H3. The summed E-state index contributed by atoms with van der Waals surface area (Å²) < 4.78 is 42.2. The van der Waals surface area contributed by atoms with Crippen molar-refractivity contribution in [3.05, 3.63) is 83.2 Å². The van der Waals surface area contributed by atoms with Crippen LogP contribution in [0.4, 0.5) is 4.39 Å². The van der Waals surface area contributed by atoms with E-state index in [2.05, 4.69) is 9.55 Å². The van der Waals surface area contributed by atoms with Crippen molar-refractivity contribution in [2.45, 2.75) is 25.3 Å². The number of Topliss-reactive ketones (excluding diaryl/α,β-unsaturated/α-hetero) is 1. The third-order valence-corrected chi connectivity index (χ3v) is 7.98. The second-order valence-corrected chi connectivity index (χ2v) is 10.2. The lowest BCUT2D eigenvalue weighted by Crippen LogP contribution is -2.49. The van der Waals surface area contributed by atoms with Gasteiger partial charge in [0, 0.05) is 62.1 Å².